The van der Waals surface area contributed by atoms with Crippen molar-refractivity contribution in [3.63, 3.8) is 0 Å². The number of ether oxygens (including phenoxy) is 1. The molecule has 0 heterocycles. The summed E-state index contributed by atoms with van der Waals surface area (Å²) >= 11 is 0. The second-order valence-electron chi connectivity index (χ2n) is 7.80. The van der Waals surface area contributed by atoms with Gasteiger partial charge in [0, 0.05) is 5.92 Å². The maximum absolute atomic E-state index is 12.7. The summed E-state index contributed by atoms with van der Waals surface area (Å²) in [7, 11) is 0. The Labute approximate surface area is 186 Å². The van der Waals surface area contributed by atoms with E-state index in [0.717, 1.165) is 22.3 Å². The van der Waals surface area contributed by atoms with Gasteiger partial charge in [0.2, 0.25) is 5.91 Å². The van der Waals surface area contributed by atoms with Gasteiger partial charge in [0.1, 0.15) is 12.1 Å². The zero-order chi connectivity index (χ0) is 23.3. The average molecular weight is 440 g/mol. The summed E-state index contributed by atoms with van der Waals surface area (Å²) in [5, 5.41) is 23.2. The van der Waals surface area contributed by atoms with E-state index in [9.17, 15) is 19.5 Å². The van der Waals surface area contributed by atoms with Crippen LogP contribution in [0.5, 0.6) is 0 Å². The van der Waals surface area contributed by atoms with Gasteiger partial charge >= 0.3 is 12.1 Å². The van der Waals surface area contributed by atoms with Crippen molar-refractivity contribution in [1.29, 1.82) is 0 Å². The third kappa shape index (κ3) is 4.60. The van der Waals surface area contributed by atoms with Crippen LogP contribution in [0, 0.1) is 0 Å². The molecule has 0 bridgehead atoms. The van der Waals surface area contributed by atoms with Gasteiger partial charge in [-0.3, -0.25) is 4.79 Å². The largest absolute Gasteiger partial charge is 0.479 e. The third-order valence-electron chi connectivity index (χ3n) is 6.07. The quantitative estimate of drug-likeness (QED) is 0.475. The van der Waals surface area contributed by atoms with Crippen molar-refractivity contribution >= 4 is 18.0 Å². The number of rotatable bonds is 9. The first-order valence-corrected chi connectivity index (χ1v) is 10.6. The molecule has 0 spiro atoms. The zero-order valence-electron chi connectivity index (χ0n) is 18.1. The molecule has 170 valence electrons. The molecule has 32 heavy (non-hydrogen) atoms. The van der Waals surface area contributed by atoms with Crippen LogP contribution in [0.2, 0.25) is 0 Å². The number of hydrogen-bond acceptors (Lipinski definition) is 5. The molecule has 1 aliphatic carbocycles. The predicted molar refractivity (Wildman–Crippen MR) is 118 cm³/mol. The molecule has 4 N–H and O–H groups in total. The van der Waals surface area contributed by atoms with Crippen LogP contribution < -0.4 is 10.6 Å². The molecule has 8 heteroatoms. The van der Waals surface area contributed by atoms with E-state index in [1.54, 1.807) is 13.8 Å². The van der Waals surface area contributed by atoms with Crippen LogP contribution in [-0.4, -0.2) is 53.0 Å². The Kier molecular flexibility index (Phi) is 7.15. The maximum atomic E-state index is 12.7. The molecule has 0 saturated carbocycles. The van der Waals surface area contributed by atoms with Gasteiger partial charge in [-0.15, -0.1) is 0 Å². The maximum Gasteiger partial charge on any atom is 0.408 e. The van der Waals surface area contributed by atoms with E-state index in [2.05, 4.69) is 10.6 Å². The molecular formula is C24H28N2O6. The van der Waals surface area contributed by atoms with Crippen LogP contribution in [0.3, 0.4) is 0 Å². The van der Waals surface area contributed by atoms with Gasteiger partial charge < -0.3 is 25.6 Å². The minimum atomic E-state index is -1.72. The minimum Gasteiger partial charge on any atom is -0.479 e. The number of aliphatic hydroxyl groups excluding tert-OH is 1. The molecule has 8 nitrogen and oxygen atoms in total. The highest BCUT2D eigenvalue weighted by Crippen LogP contribution is 2.44. The number of hydrogen-bond donors (Lipinski definition) is 4. The average Bonchev–Trinajstić information content (AvgIpc) is 3.13. The highest BCUT2D eigenvalue weighted by atomic mass is 16.5. The van der Waals surface area contributed by atoms with Crippen LogP contribution in [-0.2, 0) is 14.3 Å². The number of nitrogens with one attached hydrogen (secondary N) is 2. The first kappa shape index (κ1) is 23.3. The molecule has 1 aliphatic rings. The highest BCUT2D eigenvalue weighted by Gasteiger charge is 2.38. The molecule has 1 atom stereocenters. The Morgan fingerprint density at radius 2 is 1.53 bits per heavy atom. The molecule has 0 radical (unpaired) electrons. The number of carboxylic acids is 1. The van der Waals surface area contributed by atoms with E-state index in [0.29, 0.717) is 0 Å². The SMILES string of the molecule is CCC(CC)(NC(=O)OCC1c2ccccc2-c2ccccc21)C(=O)NCC(O)C(=O)O. The van der Waals surface area contributed by atoms with Gasteiger partial charge in [0.25, 0.3) is 0 Å². The molecule has 0 saturated heterocycles. The monoisotopic (exact) mass is 440 g/mol. The Hall–Kier alpha value is -3.39. The second-order valence-corrected chi connectivity index (χ2v) is 7.80. The third-order valence-corrected chi connectivity index (χ3v) is 6.07. The zero-order valence-corrected chi connectivity index (χ0v) is 18.1. The lowest BCUT2D eigenvalue weighted by atomic mass is 9.91. The Balaban J connectivity index is 1.67. The van der Waals surface area contributed by atoms with Gasteiger partial charge in [-0.2, -0.15) is 0 Å². The number of carbonyl (C=O) groups excluding carboxylic acids is 2. The van der Waals surface area contributed by atoms with E-state index in [-0.39, 0.29) is 25.4 Å². The summed E-state index contributed by atoms with van der Waals surface area (Å²) in [6.07, 6.45) is -1.92. The van der Waals surface area contributed by atoms with Crippen molar-refractivity contribution in [1.82, 2.24) is 10.6 Å². The lowest BCUT2D eigenvalue weighted by Gasteiger charge is -2.31. The summed E-state index contributed by atoms with van der Waals surface area (Å²) in [4.78, 5) is 36.1. The first-order valence-electron chi connectivity index (χ1n) is 10.6. The number of carboxylic acid groups (broad SMARTS) is 1. The number of alkyl carbamates (subject to hydrolysis) is 1. The minimum absolute atomic E-state index is 0.106. The molecule has 2 aromatic rings. The molecule has 2 amide bonds. The van der Waals surface area contributed by atoms with Crippen molar-refractivity contribution in [2.45, 2.75) is 44.2 Å². The van der Waals surface area contributed by atoms with Gasteiger partial charge in [-0.25, -0.2) is 9.59 Å². The number of carbonyl (C=O) groups is 3. The molecule has 0 aliphatic heterocycles. The van der Waals surface area contributed by atoms with Crippen LogP contribution in [0.15, 0.2) is 48.5 Å². The Morgan fingerprint density at radius 1 is 1.00 bits per heavy atom. The molecule has 2 aromatic carbocycles. The van der Waals surface area contributed by atoms with E-state index in [1.165, 1.54) is 0 Å². The van der Waals surface area contributed by atoms with Crippen LogP contribution >= 0.6 is 0 Å². The number of aliphatic hydroxyl groups is 1. The number of aliphatic carboxylic acids is 1. The lowest BCUT2D eigenvalue weighted by molar-refractivity contribution is -0.146. The van der Waals surface area contributed by atoms with Crippen LogP contribution in [0.1, 0.15) is 43.7 Å². The summed E-state index contributed by atoms with van der Waals surface area (Å²) in [6, 6.07) is 16.0. The van der Waals surface area contributed by atoms with Crippen molar-refractivity contribution in [3.8, 4) is 11.1 Å². The molecule has 0 aromatic heterocycles. The highest BCUT2D eigenvalue weighted by molar-refractivity contribution is 5.90. The Morgan fingerprint density at radius 3 is 2.03 bits per heavy atom. The van der Waals surface area contributed by atoms with Crippen molar-refractivity contribution in [2.24, 2.45) is 0 Å². The molecular weight excluding hydrogens is 412 g/mol. The van der Waals surface area contributed by atoms with E-state index in [1.807, 2.05) is 48.5 Å². The normalized spacial score (nSPS) is 13.6. The molecule has 3 rings (SSSR count). The van der Waals surface area contributed by atoms with Crippen molar-refractivity contribution in [2.75, 3.05) is 13.2 Å². The summed E-state index contributed by atoms with van der Waals surface area (Å²) in [5.41, 5.74) is 3.12. The van der Waals surface area contributed by atoms with Gasteiger partial charge in [0.05, 0.1) is 6.54 Å². The molecule has 1 unspecified atom stereocenters. The summed E-state index contributed by atoms with van der Waals surface area (Å²) in [6.45, 7) is 3.13. The fraction of sp³-hybridized carbons (Fsp3) is 0.375. The molecule has 0 fully saturated rings. The fourth-order valence-corrected chi connectivity index (χ4v) is 4.08. The van der Waals surface area contributed by atoms with E-state index in [4.69, 9.17) is 9.84 Å². The first-order chi connectivity index (χ1) is 15.3. The van der Waals surface area contributed by atoms with E-state index >= 15 is 0 Å². The van der Waals surface area contributed by atoms with Gasteiger partial charge in [-0.05, 0) is 35.1 Å². The standard InChI is InChI=1S/C24H28N2O6/c1-3-24(4-2,22(30)25-13-20(27)21(28)29)26-23(31)32-14-19-17-11-7-5-9-15(17)16-10-6-8-12-18(16)19/h5-12,19-20,27H,3-4,13-14H2,1-2H3,(H,25,30)(H,26,31)(H,28,29). The summed E-state index contributed by atoms with van der Waals surface area (Å²) < 4.78 is 5.54. The van der Waals surface area contributed by atoms with Gasteiger partial charge in [0.15, 0.2) is 6.10 Å². The lowest BCUT2D eigenvalue weighted by Crippen LogP contribution is -2.59. The van der Waals surface area contributed by atoms with Gasteiger partial charge in [-0.1, -0.05) is 62.4 Å². The van der Waals surface area contributed by atoms with Crippen LogP contribution in [0.4, 0.5) is 4.79 Å². The number of benzene rings is 2. The number of fused-ring (bicyclic) bond motifs is 3. The Bertz CT molecular complexity index is 956. The topological polar surface area (TPSA) is 125 Å². The smallest absolute Gasteiger partial charge is 0.408 e. The summed E-state index contributed by atoms with van der Waals surface area (Å²) in [5.74, 6) is -2.12. The second kappa shape index (κ2) is 9.82. The fourth-order valence-electron chi connectivity index (χ4n) is 4.08. The van der Waals surface area contributed by atoms with E-state index < -0.39 is 36.2 Å². The number of amides is 2. The van der Waals surface area contributed by atoms with Crippen molar-refractivity contribution in [3.05, 3.63) is 59.7 Å². The predicted octanol–water partition coefficient (Wildman–Crippen LogP) is 2.65. The van der Waals surface area contributed by atoms with Crippen LogP contribution in [0.25, 0.3) is 11.1 Å². The van der Waals surface area contributed by atoms with Crippen molar-refractivity contribution < 1.29 is 29.3 Å².